The highest BCUT2D eigenvalue weighted by Gasteiger charge is 2.30. The fourth-order valence-electron chi connectivity index (χ4n) is 6.47. The normalized spacial score (nSPS) is 25.4. The van der Waals surface area contributed by atoms with Crippen LogP contribution in [0.1, 0.15) is 96.0 Å². The van der Waals surface area contributed by atoms with Crippen molar-refractivity contribution in [3.8, 4) is 5.75 Å². The minimum Gasteiger partial charge on any atom is -0.488 e. The molecular formula is C29H47ClF2OSi. The number of unbranched alkanes of at least 4 members (excludes halogenated alkanes) is 3. The first-order chi connectivity index (χ1) is 16.6. The second-order valence-electron chi connectivity index (χ2n) is 11.1. The van der Waals surface area contributed by atoms with Gasteiger partial charge in [-0.25, -0.2) is 8.78 Å². The van der Waals surface area contributed by atoms with Crippen molar-refractivity contribution in [2.45, 2.75) is 115 Å². The molecule has 1 aliphatic carbocycles. The van der Waals surface area contributed by atoms with E-state index in [9.17, 15) is 8.78 Å². The summed E-state index contributed by atoms with van der Waals surface area (Å²) < 4.78 is 33.7. The molecule has 194 valence electrons. The number of benzene rings is 1. The Morgan fingerprint density at radius 3 is 2.21 bits per heavy atom. The van der Waals surface area contributed by atoms with Crippen LogP contribution in [0.3, 0.4) is 0 Å². The van der Waals surface area contributed by atoms with Crippen LogP contribution < -0.4 is 4.74 Å². The molecule has 0 aromatic heterocycles. The molecule has 1 aromatic rings. The van der Waals surface area contributed by atoms with Crippen molar-refractivity contribution >= 4 is 20.4 Å². The van der Waals surface area contributed by atoms with Gasteiger partial charge in [-0.3, -0.25) is 0 Å². The van der Waals surface area contributed by atoms with E-state index < -0.39 is 11.6 Å². The second-order valence-corrected chi connectivity index (χ2v) is 14.9. The third-order valence-electron chi connectivity index (χ3n) is 8.58. The van der Waals surface area contributed by atoms with Crippen molar-refractivity contribution in [2.75, 3.05) is 12.5 Å². The van der Waals surface area contributed by atoms with Crippen molar-refractivity contribution in [1.29, 1.82) is 0 Å². The van der Waals surface area contributed by atoms with Crippen LogP contribution in [0.15, 0.2) is 12.1 Å². The number of hydrogen-bond acceptors (Lipinski definition) is 1. The Hall–Kier alpha value is -0.613. The molecule has 3 rings (SSSR count). The smallest absolute Gasteiger partial charge is 0.190 e. The molecule has 5 heteroatoms. The van der Waals surface area contributed by atoms with Crippen LogP contribution in [-0.2, 0) is 6.42 Å². The summed E-state index contributed by atoms with van der Waals surface area (Å²) in [6.07, 6.45) is 17.8. The quantitative estimate of drug-likeness (QED) is 0.137. The fourth-order valence-corrected chi connectivity index (χ4v) is 10.1. The molecule has 0 amide bonds. The number of rotatable bonds is 14. The van der Waals surface area contributed by atoms with Gasteiger partial charge in [0.05, 0.1) is 6.61 Å². The van der Waals surface area contributed by atoms with Crippen molar-refractivity contribution in [2.24, 2.45) is 17.8 Å². The lowest BCUT2D eigenvalue weighted by Gasteiger charge is -2.37. The molecular weight excluding hydrogens is 466 g/mol. The van der Waals surface area contributed by atoms with E-state index in [0.29, 0.717) is 12.3 Å². The van der Waals surface area contributed by atoms with Crippen LogP contribution in [0.2, 0.25) is 18.1 Å². The Labute approximate surface area is 214 Å². The van der Waals surface area contributed by atoms with E-state index >= 15 is 0 Å². The van der Waals surface area contributed by atoms with Gasteiger partial charge in [0.1, 0.15) is 0 Å². The van der Waals surface area contributed by atoms with Gasteiger partial charge in [-0.05, 0) is 67.6 Å². The fraction of sp³-hybridized carbons (Fsp3) is 0.793. The van der Waals surface area contributed by atoms with Gasteiger partial charge in [-0.1, -0.05) is 82.8 Å². The van der Waals surface area contributed by atoms with Crippen LogP contribution in [0.4, 0.5) is 8.78 Å². The minimum atomic E-state index is -0.597. The minimum absolute atomic E-state index is 0.237. The Bertz CT molecular complexity index is 676. The molecule has 0 atom stereocenters. The SMILES string of the molecule is CCCCC[SiH]1CCC([C@H]2CC[C@H](CCCCc3cc(F)c(OCCCCl)c(F)c3)CC2)CC1. The Morgan fingerprint density at radius 1 is 0.882 bits per heavy atom. The van der Waals surface area contributed by atoms with Gasteiger partial charge in [-0.2, -0.15) is 0 Å². The molecule has 0 bridgehead atoms. The zero-order chi connectivity index (χ0) is 24.2. The van der Waals surface area contributed by atoms with Crippen LogP contribution in [0, 0.1) is 29.4 Å². The maximum absolute atomic E-state index is 14.2. The summed E-state index contributed by atoms with van der Waals surface area (Å²) in [7, 11) is -0.383. The summed E-state index contributed by atoms with van der Waals surface area (Å²) in [6, 6.07) is 7.72. The maximum atomic E-state index is 14.2. The Kier molecular flexibility index (Phi) is 12.7. The molecule has 2 fully saturated rings. The van der Waals surface area contributed by atoms with Gasteiger partial charge in [0.15, 0.2) is 17.4 Å². The molecule has 0 unspecified atom stereocenters. The molecule has 1 saturated carbocycles. The monoisotopic (exact) mass is 512 g/mol. The third-order valence-corrected chi connectivity index (χ3v) is 12.4. The van der Waals surface area contributed by atoms with Gasteiger partial charge in [-0.15, -0.1) is 11.6 Å². The largest absolute Gasteiger partial charge is 0.488 e. The van der Waals surface area contributed by atoms with Gasteiger partial charge >= 0.3 is 0 Å². The average molecular weight is 513 g/mol. The first kappa shape index (κ1) is 28.0. The highest BCUT2D eigenvalue weighted by Crippen LogP contribution is 2.42. The lowest BCUT2D eigenvalue weighted by Crippen LogP contribution is -2.28. The maximum Gasteiger partial charge on any atom is 0.190 e. The third kappa shape index (κ3) is 9.12. The zero-order valence-electron chi connectivity index (χ0n) is 21.4. The standard InChI is InChI=1S/C29H47ClF2OSi/c1-2-3-6-18-34-19-14-26(15-20-34)25-12-10-23(11-13-25)8-4-5-9-24-21-27(31)29(28(32)22-24)33-17-7-16-30/h21-23,25-26,34H,2-20H2,1H3/t23-,25-,26?,34?. The highest BCUT2D eigenvalue weighted by atomic mass is 35.5. The van der Waals surface area contributed by atoms with Crippen LogP contribution in [0.25, 0.3) is 0 Å². The topological polar surface area (TPSA) is 9.23 Å². The molecule has 1 aromatic carbocycles. The summed E-state index contributed by atoms with van der Waals surface area (Å²) >= 11 is 5.60. The molecule has 1 aliphatic heterocycles. The Morgan fingerprint density at radius 2 is 1.56 bits per heavy atom. The first-order valence-corrected chi connectivity index (χ1v) is 17.3. The number of aryl methyl sites for hydroxylation is 1. The Balaban J connectivity index is 1.29. The van der Waals surface area contributed by atoms with Crippen molar-refractivity contribution in [3.05, 3.63) is 29.3 Å². The molecule has 1 heterocycles. The van der Waals surface area contributed by atoms with Gasteiger partial charge in [0.25, 0.3) is 0 Å². The molecule has 0 radical (unpaired) electrons. The molecule has 0 N–H and O–H groups in total. The number of hydrogen-bond donors (Lipinski definition) is 0. The number of alkyl halides is 1. The van der Waals surface area contributed by atoms with E-state index in [4.69, 9.17) is 16.3 Å². The van der Waals surface area contributed by atoms with E-state index in [1.807, 2.05) is 0 Å². The summed E-state index contributed by atoms with van der Waals surface area (Å²) in [5, 5.41) is 0. The first-order valence-electron chi connectivity index (χ1n) is 14.3. The molecule has 1 saturated heterocycles. The van der Waals surface area contributed by atoms with Crippen molar-refractivity contribution < 1.29 is 13.5 Å². The molecule has 0 spiro atoms. The average Bonchev–Trinajstić information content (AvgIpc) is 2.85. The highest BCUT2D eigenvalue weighted by molar-refractivity contribution is 6.58. The molecule has 2 aliphatic rings. The predicted molar refractivity (Wildman–Crippen MR) is 144 cm³/mol. The van der Waals surface area contributed by atoms with Crippen LogP contribution >= 0.6 is 11.6 Å². The van der Waals surface area contributed by atoms with Gasteiger partial charge in [0.2, 0.25) is 0 Å². The molecule has 34 heavy (non-hydrogen) atoms. The number of ether oxygens (including phenoxy) is 1. The van der Waals surface area contributed by atoms with E-state index in [1.54, 1.807) is 31.0 Å². The lowest BCUT2D eigenvalue weighted by molar-refractivity contribution is 0.184. The number of halogens is 3. The molecule has 1 nitrogen and oxygen atoms in total. The van der Waals surface area contributed by atoms with Crippen molar-refractivity contribution in [1.82, 2.24) is 0 Å². The van der Waals surface area contributed by atoms with Crippen LogP contribution in [0.5, 0.6) is 5.75 Å². The summed E-state index contributed by atoms with van der Waals surface area (Å²) in [6.45, 7) is 2.55. The van der Waals surface area contributed by atoms with E-state index in [0.717, 1.165) is 42.6 Å². The zero-order valence-corrected chi connectivity index (χ0v) is 23.4. The van der Waals surface area contributed by atoms with E-state index in [2.05, 4.69) is 6.92 Å². The van der Waals surface area contributed by atoms with Crippen LogP contribution in [-0.4, -0.2) is 21.3 Å². The lowest BCUT2D eigenvalue weighted by atomic mass is 9.73. The summed E-state index contributed by atoms with van der Waals surface area (Å²) in [4.78, 5) is 0. The van der Waals surface area contributed by atoms with E-state index in [-0.39, 0.29) is 21.2 Å². The summed E-state index contributed by atoms with van der Waals surface area (Å²) in [5.74, 6) is 1.85. The van der Waals surface area contributed by atoms with Gasteiger partial charge in [0, 0.05) is 14.7 Å². The predicted octanol–water partition coefficient (Wildman–Crippen LogP) is 9.32. The summed E-state index contributed by atoms with van der Waals surface area (Å²) in [5.41, 5.74) is 0.734. The van der Waals surface area contributed by atoms with Gasteiger partial charge < -0.3 is 4.74 Å². The van der Waals surface area contributed by atoms with E-state index in [1.165, 1.54) is 63.5 Å². The van der Waals surface area contributed by atoms with Crippen molar-refractivity contribution in [3.63, 3.8) is 0 Å². The second kappa shape index (κ2) is 15.5.